The molecular formula is C11H23NO2. The zero-order chi connectivity index (χ0) is 10.8. The Morgan fingerprint density at radius 3 is 2.50 bits per heavy atom. The highest BCUT2D eigenvalue weighted by atomic mass is 16.6. The molecule has 3 nitrogen and oxygen atoms in total. The van der Waals surface area contributed by atoms with Crippen LogP contribution in [0.5, 0.6) is 0 Å². The lowest BCUT2D eigenvalue weighted by molar-refractivity contribution is -0.154. The van der Waals surface area contributed by atoms with Gasteiger partial charge >= 0.3 is 0 Å². The predicted octanol–water partition coefficient (Wildman–Crippen LogP) is 1.98. The van der Waals surface area contributed by atoms with Crippen LogP contribution in [0.2, 0.25) is 0 Å². The SMILES string of the molecule is CONC1CC(OCC(C)C)C1(C)C. The lowest BCUT2D eigenvalue weighted by Gasteiger charge is -2.51. The molecule has 0 saturated heterocycles. The Morgan fingerprint density at radius 1 is 1.43 bits per heavy atom. The van der Waals surface area contributed by atoms with E-state index in [1.807, 2.05) is 0 Å². The Bertz CT molecular complexity index is 180. The second-order valence-electron chi connectivity index (χ2n) is 5.15. The maximum Gasteiger partial charge on any atom is 0.0657 e. The van der Waals surface area contributed by atoms with Crippen molar-refractivity contribution < 1.29 is 9.57 Å². The van der Waals surface area contributed by atoms with Gasteiger partial charge < -0.3 is 9.57 Å². The van der Waals surface area contributed by atoms with Crippen LogP contribution in [-0.2, 0) is 9.57 Å². The minimum Gasteiger partial charge on any atom is -0.377 e. The van der Waals surface area contributed by atoms with Crippen molar-refractivity contribution in [3.05, 3.63) is 0 Å². The van der Waals surface area contributed by atoms with Crippen LogP contribution in [0.4, 0.5) is 0 Å². The molecule has 14 heavy (non-hydrogen) atoms. The maximum atomic E-state index is 5.84. The summed E-state index contributed by atoms with van der Waals surface area (Å²) in [6.07, 6.45) is 1.42. The van der Waals surface area contributed by atoms with E-state index in [0.29, 0.717) is 18.1 Å². The molecule has 0 spiro atoms. The molecule has 3 heteroatoms. The average Bonchev–Trinajstić information content (AvgIpc) is 2.09. The number of ether oxygens (including phenoxy) is 1. The Hall–Kier alpha value is -0.120. The van der Waals surface area contributed by atoms with E-state index < -0.39 is 0 Å². The molecule has 0 amide bonds. The lowest BCUT2D eigenvalue weighted by Crippen LogP contribution is -2.60. The fourth-order valence-electron chi connectivity index (χ4n) is 1.82. The van der Waals surface area contributed by atoms with Crippen LogP contribution >= 0.6 is 0 Å². The van der Waals surface area contributed by atoms with Crippen molar-refractivity contribution in [2.75, 3.05) is 13.7 Å². The highest BCUT2D eigenvalue weighted by molar-refractivity contribution is 5.01. The van der Waals surface area contributed by atoms with Gasteiger partial charge in [-0.05, 0) is 12.3 Å². The fourth-order valence-corrected chi connectivity index (χ4v) is 1.82. The molecule has 0 aromatic rings. The minimum absolute atomic E-state index is 0.185. The highest BCUT2D eigenvalue weighted by Gasteiger charge is 2.49. The quantitative estimate of drug-likeness (QED) is 0.690. The highest BCUT2D eigenvalue weighted by Crippen LogP contribution is 2.42. The van der Waals surface area contributed by atoms with Crippen molar-refractivity contribution in [2.24, 2.45) is 11.3 Å². The molecule has 0 heterocycles. The van der Waals surface area contributed by atoms with Crippen LogP contribution in [-0.4, -0.2) is 25.9 Å². The molecule has 0 radical (unpaired) electrons. The van der Waals surface area contributed by atoms with Gasteiger partial charge in [0.25, 0.3) is 0 Å². The zero-order valence-electron chi connectivity index (χ0n) is 9.96. The van der Waals surface area contributed by atoms with Gasteiger partial charge in [0.15, 0.2) is 0 Å². The van der Waals surface area contributed by atoms with Crippen LogP contribution in [0.25, 0.3) is 0 Å². The smallest absolute Gasteiger partial charge is 0.0657 e. The summed E-state index contributed by atoms with van der Waals surface area (Å²) in [4.78, 5) is 4.95. The Balaban J connectivity index is 2.31. The van der Waals surface area contributed by atoms with Gasteiger partial charge in [-0.15, -0.1) is 0 Å². The second-order valence-corrected chi connectivity index (χ2v) is 5.15. The van der Waals surface area contributed by atoms with Gasteiger partial charge in [0.1, 0.15) is 0 Å². The van der Waals surface area contributed by atoms with Crippen LogP contribution in [0.1, 0.15) is 34.1 Å². The van der Waals surface area contributed by atoms with Gasteiger partial charge in [-0.1, -0.05) is 27.7 Å². The molecular weight excluding hydrogens is 178 g/mol. The number of nitrogens with one attached hydrogen (secondary N) is 1. The predicted molar refractivity (Wildman–Crippen MR) is 56.9 cm³/mol. The fraction of sp³-hybridized carbons (Fsp3) is 1.00. The van der Waals surface area contributed by atoms with Crippen molar-refractivity contribution in [3.63, 3.8) is 0 Å². The molecule has 0 aromatic carbocycles. The van der Waals surface area contributed by atoms with Crippen molar-refractivity contribution in [1.29, 1.82) is 0 Å². The topological polar surface area (TPSA) is 30.5 Å². The summed E-state index contributed by atoms with van der Waals surface area (Å²) in [5.74, 6) is 0.611. The minimum atomic E-state index is 0.185. The molecule has 1 rings (SSSR count). The summed E-state index contributed by atoms with van der Waals surface area (Å²) in [5.41, 5.74) is 3.20. The summed E-state index contributed by atoms with van der Waals surface area (Å²) in [5, 5.41) is 0. The number of rotatable bonds is 5. The van der Waals surface area contributed by atoms with Crippen molar-refractivity contribution >= 4 is 0 Å². The molecule has 2 unspecified atom stereocenters. The number of hydroxylamine groups is 1. The first-order valence-electron chi connectivity index (χ1n) is 5.38. The van der Waals surface area contributed by atoms with Gasteiger partial charge in [-0.2, -0.15) is 5.48 Å². The summed E-state index contributed by atoms with van der Waals surface area (Å²) >= 11 is 0. The molecule has 0 aromatic heterocycles. The standard InChI is InChI=1S/C11H23NO2/c1-8(2)7-14-10-6-9(12-13-5)11(10,3)4/h8-10,12H,6-7H2,1-5H3. The lowest BCUT2D eigenvalue weighted by atomic mass is 9.65. The third-order valence-corrected chi connectivity index (χ3v) is 3.07. The molecule has 1 aliphatic rings. The Labute approximate surface area is 87.1 Å². The summed E-state index contributed by atoms with van der Waals surface area (Å²) < 4.78 is 5.84. The largest absolute Gasteiger partial charge is 0.377 e. The number of hydrogen-bond donors (Lipinski definition) is 1. The van der Waals surface area contributed by atoms with Crippen LogP contribution in [0, 0.1) is 11.3 Å². The Kier molecular flexibility index (Phi) is 3.93. The molecule has 84 valence electrons. The first-order valence-corrected chi connectivity index (χ1v) is 5.38. The van der Waals surface area contributed by atoms with Crippen LogP contribution in [0.3, 0.4) is 0 Å². The first-order chi connectivity index (χ1) is 6.48. The molecule has 2 atom stereocenters. The molecule has 1 N–H and O–H groups in total. The van der Waals surface area contributed by atoms with Gasteiger partial charge in [0.2, 0.25) is 0 Å². The first kappa shape index (κ1) is 12.0. The van der Waals surface area contributed by atoms with E-state index in [1.165, 1.54) is 0 Å². The van der Waals surface area contributed by atoms with E-state index in [9.17, 15) is 0 Å². The van der Waals surface area contributed by atoms with Crippen LogP contribution < -0.4 is 5.48 Å². The maximum absolute atomic E-state index is 5.84. The third-order valence-electron chi connectivity index (χ3n) is 3.07. The van der Waals surface area contributed by atoms with Gasteiger partial charge in [0.05, 0.1) is 13.2 Å². The van der Waals surface area contributed by atoms with E-state index in [4.69, 9.17) is 9.57 Å². The second kappa shape index (κ2) is 4.60. The van der Waals surface area contributed by atoms with Gasteiger partial charge in [0, 0.05) is 18.1 Å². The van der Waals surface area contributed by atoms with Gasteiger partial charge in [-0.25, -0.2) is 0 Å². The van der Waals surface area contributed by atoms with E-state index in [-0.39, 0.29) is 5.41 Å². The van der Waals surface area contributed by atoms with E-state index >= 15 is 0 Å². The monoisotopic (exact) mass is 201 g/mol. The van der Waals surface area contributed by atoms with Gasteiger partial charge in [-0.3, -0.25) is 0 Å². The Morgan fingerprint density at radius 2 is 2.07 bits per heavy atom. The summed E-state index contributed by atoms with van der Waals surface area (Å²) in [6, 6.07) is 0.421. The van der Waals surface area contributed by atoms with Crippen LogP contribution in [0.15, 0.2) is 0 Å². The molecule has 0 aliphatic heterocycles. The molecule has 1 aliphatic carbocycles. The zero-order valence-corrected chi connectivity index (χ0v) is 9.96. The van der Waals surface area contributed by atoms with Crippen molar-refractivity contribution in [3.8, 4) is 0 Å². The summed E-state index contributed by atoms with van der Waals surface area (Å²) in [6.45, 7) is 9.65. The average molecular weight is 201 g/mol. The van der Waals surface area contributed by atoms with E-state index in [0.717, 1.165) is 13.0 Å². The third kappa shape index (κ3) is 2.47. The summed E-state index contributed by atoms with van der Waals surface area (Å²) in [7, 11) is 1.67. The van der Waals surface area contributed by atoms with Crippen molar-refractivity contribution in [2.45, 2.75) is 46.3 Å². The van der Waals surface area contributed by atoms with Crippen molar-refractivity contribution in [1.82, 2.24) is 5.48 Å². The molecule has 1 saturated carbocycles. The number of hydrogen-bond acceptors (Lipinski definition) is 3. The van der Waals surface area contributed by atoms with E-state index in [1.54, 1.807) is 7.11 Å². The normalized spacial score (nSPS) is 30.4. The molecule has 1 fully saturated rings. The molecule has 0 bridgehead atoms. The van der Waals surface area contributed by atoms with E-state index in [2.05, 4.69) is 33.2 Å².